The zero-order chi connectivity index (χ0) is 14.1. The molecule has 0 aliphatic heterocycles. The Morgan fingerprint density at radius 1 is 1.30 bits per heavy atom. The highest BCUT2D eigenvalue weighted by Crippen LogP contribution is 2.29. The van der Waals surface area contributed by atoms with Crippen LogP contribution in [-0.2, 0) is 0 Å². The minimum absolute atomic E-state index is 0.0418. The Hall–Kier alpha value is -2.89. The Balaban J connectivity index is 2.28. The predicted molar refractivity (Wildman–Crippen MR) is 71.9 cm³/mol. The summed E-state index contributed by atoms with van der Waals surface area (Å²) >= 11 is 0. The predicted octanol–water partition coefficient (Wildman–Crippen LogP) is 2.10. The number of carboxylic acids is 1. The van der Waals surface area contributed by atoms with Crippen LogP contribution in [0.4, 0.5) is 0 Å². The van der Waals surface area contributed by atoms with Gasteiger partial charge in [0.25, 0.3) is 0 Å². The number of rotatable bonds is 3. The van der Waals surface area contributed by atoms with E-state index in [1.807, 2.05) is 24.3 Å². The van der Waals surface area contributed by atoms with Gasteiger partial charge in [0.1, 0.15) is 5.75 Å². The van der Waals surface area contributed by atoms with Gasteiger partial charge in [-0.1, -0.05) is 12.1 Å². The standard InChI is InChI=1S/C14H11N3O3/c1-20-12-5-3-2-4-9(12)11-6-7-15-13-8-10(14(18)19)16-17(11)13/h2-8H,1H3,(H,18,19). The van der Waals surface area contributed by atoms with Crippen LogP contribution in [-0.4, -0.2) is 32.8 Å². The van der Waals surface area contributed by atoms with Gasteiger partial charge in [-0.05, 0) is 18.2 Å². The number of methoxy groups -OCH3 is 1. The van der Waals surface area contributed by atoms with E-state index in [1.165, 1.54) is 10.6 Å². The molecule has 100 valence electrons. The van der Waals surface area contributed by atoms with E-state index in [9.17, 15) is 4.79 Å². The fourth-order valence-electron chi connectivity index (χ4n) is 2.06. The van der Waals surface area contributed by atoms with Crippen molar-refractivity contribution in [1.82, 2.24) is 14.6 Å². The average Bonchev–Trinajstić information content (AvgIpc) is 2.91. The molecule has 2 aromatic heterocycles. The van der Waals surface area contributed by atoms with Gasteiger partial charge in [-0.15, -0.1) is 0 Å². The molecule has 3 rings (SSSR count). The van der Waals surface area contributed by atoms with E-state index in [-0.39, 0.29) is 5.69 Å². The zero-order valence-corrected chi connectivity index (χ0v) is 10.6. The van der Waals surface area contributed by atoms with Gasteiger partial charge in [0.15, 0.2) is 11.3 Å². The molecule has 20 heavy (non-hydrogen) atoms. The molecule has 0 amide bonds. The molecular weight excluding hydrogens is 258 g/mol. The number of hydrogen-bond acceptors (Lipinski definition) is 4. The Morgan fingerprint density at radius 3 is 2.85 bits per heavy atom. The van der Waals surface area contributed by atoms with Gasteiger partial charge in [0.2, 0.25) is 0 Å². The molecule has 0 fully saturated rings. The van der Waals surface area contributed by atoms with Crippen molar-refractivity contribution in [1.29, 1.82) is 0 Å². The fraction of sp³-hybridized carbons (Fsp3) is 0.0714. The van der Waals surface area contributed by atoms with Gasteiger partial charge >= 0.3 is 5.97 Å². The lowest BCUT2D eigenvalue weighted by Gasteiger charge is -2.09. The number of aromatic carboxylic acids is 1. The molecule has 0 aliphatic carbocycles. The summed E-state index contributed by atoms with van der Waals surface area (Å²) in [5, 5.41) is 13.1. The molecule has 0 spiro atoms. The number of benzene rings is 1. The third-order valence-electron chi connectivity index (χ3n) is 2.96. The van der Waals surface area contributed by atoms with Crippen LogP contribution in [0, 0.1) is 0 Å². The van der Waals surface area contributed by atoms with Crippen molar-refractivity contribution in [2.24, 2.45) is 0 Å². The number of hydrogen-bond donors (Lipinski definition) is 1. The van der Waals surface area contributed by atoms with Crippen LogP contribution in [0.5, 0.6) is 5.75 Å². The maximum atomic E-state index is 11.0. The van der Waals surface area contributed by atoms with Crippen LogP contribution in [0.3, 0.4) is 0 Å². The molecule has 0 saturated carbocycles. The molecule has 2 heterocycles. The maximum Gasteiger partial charge on any atom is 0.356 e. The van der Waals surface area contributed by atoms with Gasteiger partial charge in [-0.3, -0.25) is 0 Å². The summed E-state index contributed by atoms with van der Waals surface area (Å²) in [5.41, 5.74) is 1.98. The number of nitrogens with zero attached hydrogens (tertiary/aromatic N) is 3. The topological polar surface area (TPSA) is 76.7 Å². The van der Waals surface area contributed by atoms with Crippen LogP contribution in [0.1, 0.15) is 10.5 Å². The van der Waals surface area contributed by atoms with Crippen LogP contribution < -0.4 is 4.74 Å². The molecule has 0 saturated heterocycles. The van der Waals surface area contributed by atoms with Crippen molar-refractivity contribution in [2.75, 3.05) is 7.11 Å². The van der Waals surface area contributed by atoms with Crippen LogP contribution >= 0.6 is 0 Å². The molecule has 1 aromatic carbocycles. The first-order valence-electron chi connectivity index (χ1n) is 5.92. The lowest BCUT2D eigenvalue weighted by molar-refractivity contribution is 0.0690. The SMILES string of the molecule is COc1ccccc1-c1ccnc2cc(C(=O)O)nn12. The highest BCUT2D eigenvalue weighted by molar-refractivity contribution is 5.87. The summed E-state index contributed by atoms with van der Waals surface area (Å²) in [6.07, 6.45) is 1.62. The minimum Gasteiger partial charge on any atom is -0.496 e. The van der Waals surface area contributed by atoms with Gasteiger partial charge in [0.05, 0.1) is 12.8 Å². The molecular formula is C14H11N3O3. The Bertz CT molecular complexity index is 795. The number of fused-ring (bicyclic) bond motifs is 1. The molecule has 0 unspecified atom stereocenters. The van der Waals surface area contributed by atoms with E-state index in [0.717, 1.165) is 11.3 Å². The summed E-state index contributed by atoms with van der Waals surface area (Å²) in [4.78, 5) is 15.1. The summed E-state index contributed by atoms with van der Waals surface area (Å²) in [6.45, 7) is 0. The largest absolute Gasteiger partial charge is 0.496 e. The van der Waals surface area contributed by atoms with Gasteiger partial charge in [-0.25, -0.2) is 14.3 Å². The van der Waals surface area contributed by atoms with Crippen molar-refractivity contribution in [3.05, 3.63) is 48.3 Å². The Morgan fingerprint density at radius 2 is 2.10 bits per heavy atom. The first kappa shape index (κ1) is 12.2. The lowest BCUT2D eigenvalue weighted by Crippen LogP contribution is -2.00. The number of ether oxygens (including phenoxy) is 1. The number of carboxylic acid groups (broad SMARTS) is 1. The monoisotopic (exact) mass is 269 g/mol. The number of aromatic nitrogens is 3. The van der Waals surface area contributed by atoms with E-state index in [0.29, 0.717) is 11.4 Å². The maximum absolute atomic E-state index is 11.0. The molecule has 3 aromatic rings. The minimum atomic E-state index is -1.08. The van der Waals surface area contributed by atoms with E-state index in [4.69, 9.17) is 9.84 Å². The van der Waals surface area contributed by atoms with Crippen molar-refractivity contribution in [2.45, 2.75) is 0 Å². The second kappa shape index (κ2) is 4.65. The molecule has 0 radical (unpaired) electrons. The van der Waals surface area contributed by atoms with Gasteiger partial charge in [-0.2, -0.15) is 5.10 Å². The second-order valence-electron chi connectivity index (χ2n) is 4.14. The summed E-state index contributed by atoms with van der Waals surface area (Å²) in [7, 11) is 1.59. The van der Waals surface area contributed by atoms with Crippen molar-refractivity contribution < 1.29 is 14.6 Å². The van der Waals surface area contributed by atoms with Crippen molar-refractivity contribution in [3.8, 4) is 17.0 Å². The smallest absolute Gasteiger partial charge is 0.356 e. The third kappa shape index (κ3) is 1.87. The molecule has 0 aliphatic rings. The lowest BCUT2D eigenvalue weighted by atomic mass is 10.1. The van der Waals surface area contributed by atoms with Crippen LogP contribution in [0.15, 0.2) is 42.6 Å². The molecule has 0 atom stereocenters. The van der Waals surface area contributed by atoms with E-state index >= 15 is 0 Å². The first-order valence-corrected chi connectivity index (χ1v) is 5.92. The zero-order valence-electron chi connectivity index (χ0n) is 10.6. The van der Waals surface area contributed by atoms with Gasteiger partial charge in [0, 0.05) is 17.8 Å². The Labute approximate surface area is 114 Å². The molecule has 6 heteroatoms. The molecule has 6 nitrogen and oxygen atoms in total. The van der Waals surface area contributed by atoms with Crippen LogP contribution in [0.25, 0.3) is 16.9 Å². The summed E-state index contributed by atoms with van der Waals surface area (Å²) < 4.78 is 6.83. The first-order chi connectivity index (χ1) is 9.70. The van der Waals surface area contributed by atoms with E-state index in [1.54, 1.807) is 19.4 Å². The average molecular weight is 269 g/mol. The summed E-state index contributed by atoms with van der Waals surface area (Å²) in [6, 6.07) is 10.7. The highest BCUT2D eigenvalue weighted by Gasteiger charge is 2.14. The number of para-hydroxylation sites is 1. The van der Waals surface area contributed by atoms with Gasteiger partial charge < -0.3 is 9.84 Å². The third-order valence-corrected chi connectivity index (χ3v) is 2.96. The normalized spacial score (nSPS) is 10.7. The quantitative estimate of drug-likeness (QED) is 0.788. The molecule has 0 bridgehead atoms. The van der Waals surface area contributed by atoms with Crippen LogP contribution in [0.2, 0.25) is 0 Å². The number of carbonyl (C=O) groups is 1. The van der Waals surface area contributed by atoms with E-state index in [2.05, 4.69) is 10.1 Å². The van der Waals surface area contributed by atoms with E-state index < -0.39 is 5.97 Å². The Kier molecular flexibility index (Phi) is 2.83. The van der Waals surface area contributed by atoms with Crippen molar-refractivity contribution >= 4 is 11.6 Å². The molecule has 1 N–H and O–H groups in total. The van der Waals surface area contributed by atoms with Crippen molar-refractivity contribution in [3.63, 3.8) is 0 Å². The summed E-state index contributed by atoms with van der Waals surface area (Å²) in [5.74, 6) is -0.395. The second-order valence-corrected chi connectivity index (χ2v) is 4.14. The highest BCUT2D eigenvalue weighted by atomic mass is 16.5. The fourth-order valence-corrected chi connectivity index (χ4v) is 2.06.